The minimum atomic E-state index is -0.692. The topological polar surface area (TPSA) is 82.6 Å². The predicted octanol–water partition coefficient (Wildman–Crippen LogP) is 2.67. The highest BCUT2D eigenvalue weighted by molar-refractivity contribution is 6.05. The molecular weight excluding hydrogens is 423 g/mol. The van der Waals surface area contributed by atoms with Gasteiger partial charge in [0.05, 0.1) is 5.69 Å². The van der Waals surface area contributed by atoms with Crippen LogP contribution in [0.5, 0.6) is 0 Å². The van der Waals surface area contributed by atoms with Gasteiger partial charge in [0.2, 0.25) is 11.8 Å². The van der Waals surface area contributed by atoms with Crippen molar-refractivity contribution in [2.24, 2.45) is 0 Å². The van der Waals surface area contributed by atoms with E-state index < -0.39 is 17.8 Å². The summed E-state index contributed by atoms with van der Waals surface area (Å²) in [4.78, 5) is 45.2. The van der Waals surface area contributed by atoms with E-state index in [1.807, 2.05) is 12.3 Å². The fourth-order valence-corrected chi connectivity index (χ4v) is 5.33. The molecule has 0 saturated carbocycles. The van der Waals surface area contributed by atoms with Gasteiger partial charge in [-0.3, -0.25) is 29.6 Å². The highest BCUT2D eigenvalue weighted by Gasteiger charge is 2.41. The molecule has 0 spiro atoms. The number of hydrogen-bond acceptors (Lipinski definition) is 5. The minimum absolute atomic E-state index is 0.158. The number of pyridine rings is 1. The van der Waals surface area contributed by atoms with Crippen molar-refractivity contribution in [3.8, 4) is 0 Å². The van der Waals surface area contributed by atoms with Crippen LogP contribution >= 0.6 is 0 Å². The second-order valence-corrected chi connectivity index (χ2v) is 9.30. The first kappa shape index (κ1) is 21.7. The van der Waals surface area contributed by atoms with Crippen LogP contribution in [0.1, 0.15) is 64.3 Å². The first-order chi connectivity index (χ1) is 15.9. The maximum atomic E-state index is 14.5. The van der Waals surface area contributed by atoms with Crippen LogP contribution < -0.4 is 5.32 Å². The van der Waals surface area contributed by atoms with Crippen molar-refractivity contribution in [2.45, 2.75) is 57.7 Å². The third-order valence-electron chi connectivity index (χ3n) is 7.04. The molecule has 0 radical (unpaired) electrons. The van der Waals surface area contributed by atoms with Crippen molar-refractivity contribution < 1.29 is 18.8 Å². The number of nitrogens with zero attached hydrogens (tertiary/aromatic N) is 3. The van der Waals surface area contributed by atoms with E-state index in [9.17, 15) is 18.8 Å². The van der Waals surface area contributed by atoms with Crippen molar-refractivity contribution in [2.75, 3.05) is 13.1 Å². The van der Waals surface area contributed by atoms with E-state index in [-0.39, 0.29) is 30.7 Å². The lowest BCUT2D eigenvalue weighted by atomic mass is 9.85. The molecule has 33 heavy (non-hydrogen) atoms. The van der Waals surface area contributed by atoms with Gasteiger partial charge in [-0.2, -0.15) is 0 Å². The Bertz CT molecular complexity index is 1130. The Labute approximate surface area is 192 Å². The average Bonchev–Trinajstić information content (AvgIpc) is 3.10. The molecule has 2 saturated heterocycles. The number of aryl methyl sites for hydroxylation is 1. The summed E-state index contributed by atoms with van der Waals surface area (Å²) in [5.74, 6) is -1.37. The number of benzene rings is 1. The number of aromatic nitrogens is 1. The van der Waals surface area contributed by atoms with Gasteiger partial charge < -0.3 is 4.90 Å². The Hall–Kier alpha value is -3.13. The van der Waals surface area contributed by atoms with Gasteiger partial charge >= 0.3 is 0 Å². The van der Waals surface area contributed by atoms with Crippen molar-refractivity contribution in [3.63, 3.8) is 0 Å². The van der Waals surface area contributed by atoms with Gasteiger partial charge in [0, 0.05) is 31.3 Å². The zero-order valence-corrected chi connectivity index (χ0v) is 18.6. The Morgan fingerprint density at radius 3 is 2.64 bits per heavy atom. The number of fused-ring (bicyclic) bond motifs is 1. The number of imide groups is 1. The number of carbonyl (C=O) groups is 3. The van der Waals surface area contributed by atoms with Gasteiger partial charge in [0.25, 0.3) is 5.91 Å². The molecule has 8 heteroatoms. The third-order valence-corrected chi connectivity index (χ3v) is 7.04. The molecular formula is C25H27FN4O3. The molecule has 2 aromatic rings. The molecule has 7 nitrogen and oxygen atoms in total. The summed E-state index contributed by atoms with van der Waals surface area (Å²) in [6.45, 7) is 4.87. The number of rotatable bonds is 4. The first-order valence-corrected chi connectivity index (χ1v) is 11.5. The van der Waals surface area contributed by atoms with E-state index in [4.69, 9.17) is 0 Å². The van der Waals surface area contributed by atoms with Gasteiger partial charge in [-0.05, 0) is 86.1 Å². The van der Waals surface area contributed by atoms with Gasteiger partial charge in [-0.1, -0.05) is 0 Å². The fraction of sp³-hybridized carbons (Fsp3) is 0.440. The third kappa shape index (κ3) is 4.27. The molecule has 0 bridgehead atoms. The normalized spacial score (nSPS) is 21.9. The lowest BCUT2D eigenvalue weighted by molar-refractivity contribution is -0.136. The fourth-order valence-electron chi connectivity index (χ4n) is 5.33. The molecule has 3 aliphatic heterocycles. The molecule has 1 N–H and O–H groups in total. The zero-order valence-electron chi connectivity index (χ0n) is 18.6. The molecule has 5 rings (SSSR count). The summed E-state index contributed by atoms with van der Waals surface area (Å²) in [5.41, 5.74) is 4.29. The second-order valence-electron chi connectivity index (χ2n) is 9.30. The number of halogens is 1. The lowest BCUT2D eigenvalue weighted by Gasteiger charge is -2.33. The Balaban J connectivity index is 1.31. The van der Waals surface area contributed by atoms with Crippen LogP contribution in [-0.2, 0) is 22.7 Å². The van der Waals surface area contributed by atoms with Crippen molar-refractivity contribution in [1.29, 1.82) is 0 Å². The minimum Gasteiger partial charge on any atom is -0.322 e. The number of carbonyl (C=O) groups excluding carboxylic acids is 3. The molecule has 172 valence electrons. The number of likely N-dealkylation sites (tertiary alicyclic amines) is 1. The standard InChI is InChI=1S/C25H27FN4O3/c1-15-4-7-27-18(10-15)13-29-8-5-16(6-9-29)19-11-17(26)12-20-21(19)14-30(25(20)33)22-2-3-23(31)28-24(22)32/h4,7,10-12,16,22H,2-3,5-6,8-9,13-14H2,1H3,(H,28,31,32). The summed E-state index contributed by atoms with van der Waals surface area (Å²) in [7, 11) is 0. The number of hydrogen-bond donors (Lipinski definition) is 1. The van der Waals surface area contributed by atoms with Crippen molar-refractivity contribution >= 4 is 17.7 Å². The van der Waals surface area contributed by atoms with E-state index in [1.165, 1.54) is 16.5 Å². The van der Waals surface area contributed by atoms with E-state index >= 15 is 0 Å². The van der Waals surface area contributed by atoms with E-state index in [0.717, 1.165) is 49.3 Å². The Kier molecular flexibility index (Phi) is 5.70. The van der Waals surface area contributed by atoms with Crippen molar-refractivity contribution in [1.82, 2.24) is 20.1 Å². The number of nitrogens with one attached hydrogen (secondary N) is 1. The maximum Gasteiger partial charge on any atom is 0.255 e. The Morgan fingerprint density at radius 2 is 1.91 bits per heavy atom. The summed E-state index contributed by atoms with van der Waals surface area (Å²) in [5, 5.41) is 2.31. The summed E-state index contributed by atoms with van der Waals surface area (Å²) in [6.07, 6.45) is 4.07. The number of amides is 3. The monoisotopic (exact) mass is 450 g/mol. The van der Waals surface area contributed by atoms with Crippen LogP contribution in [0.4, 0.5) is 4.39 Å². The molecule has 0 aliphatic carbocycles. The van der Waals surface area contributed by atoms with Crippen LogP contribution in [0.25, 0.3) is 0 Å². The van der Waals surface area contributed by atoms with Crippen LogP contribution in [0.15, 0.2) is 30.5 Å². The lowest BCUT2D eigenvalue weighted by Crippen LogP contribution is -2.52. The largest absolute Gasteiger partial charge is 0.322 e. The predicted molar refractivity (Wildman–Crippen MR) is 119 cm³/mol. The molecule has 1 aromatic carbocycles. The highest BCUT2D eigenvalue weighted by Crippen LogP contribution is 2.37. The molecule has 2 fully saturated rings. The summed E-state index contributed by atoms with van der Waals surface area (Å²) < 4.78 is 14.5. The SMILES string of the molecule is Cc1ccnc(CN2CCC(c3cc(F)cc4c3CN(C3CCC(=O)NC3=O)C4=O)CC2)c1. The molecule has 1 aromatic heterocycles. The van der Waals surface area contributed by atoms with Gasteiger partial charge in [-0.15, -0.1) is 0 Å². The molecule has 4 heterocycles. The van der Waals surface area contributed by atoms with Crippen LogP contribution in [-0.4, -0.2) is 51.6 Å². The number of piperidine rings is 2. The zero-order chi connectivity index (χ0) is 23.1. The Morgan fingerprint density at radius 1 is 1.12 bits per heavy atom. The van der Waals surface area contributed by atoms with E-state index in [1.54, 1.807) is 6.07 Å². The van der Waals surface area contributed by atoms with Gasteiger partial charge in [0.15, 0.2) is 0 Å². The molecule has 3 amide bonds. The van der Waals surface area contributed by atoms with Crippen LogP contribution in [0.2, 0.25) is 0 Å². The second kappa shape index (κ2) is 8.67. The van der Waals surface area contributed by atoms with Gasteiger partial charge in [-0.25, -0.2) is 4.39 Å². The highest BCUT2D eigenvalue weighted by atomic mass is 19.1. The quantitative estimate of drug-likeness (QED) is 0.725. The van der Waals surface area contributed by atoms with Crippen LogP contribution in [0.3, 0.4) is 0 Å². The first-order valence-electron chi connectivity index (χ1n) is 11.5. The van der Waals surface area contributed by atoms with E-state index in [0.29, 0.717) is 12.0 Å². The molecule has 3 aliphatic rings. The maximum absolute atomic E-state index is 14.5. The molecule has 1 unspecified atom stereocenters. The molecule has 1 atom stereocenters. The van der Waals surface area contributed by atoms with Gasteiger partial charge in [0.1, 0.15) is 11.9 Å². The summed E-state index contributed by atoms with van der Waals surface area (Å²) in [6, 6.07) is 6.23. The van der Waals surface area contributed by atoms with Crippen molar-refractivity contribution in [3.05, 3.63) is 64.2 Å². The van der Waals surface area contributed by atoms with Crippen LogP contribution in [0, 0.1) is 12.7 Å². The smallest absolute Gasteiger partial charge is 0.255 e. The average molecular weight is 451 g/mol. The van der Waals surface area contributed by atoms with E-state index in [2.05, 4.69) is 28.2 Å². The summed E-state index contributed by atoms with van der Waals surface area (Å²) >= 11 is 0.